The number of unbranched alkanes of at least 4 members (excludes halogenated alkanes) is 14. The van der Waals surface area contributed by atoms with Crippen LogP contribution in [-0.4, -0.2) is 169 Å². The van der Waals surface area contributed by atoms with Crippen molar-refractivity contribution in [3.8, 4) is 0 Å². The summed E-state index contributed by atoms with van der Waals surface area (Å²) in [5, 5.41) is 49.9. The van der Waals surface area contributed by atoms with Crippen LogP contribution in [0.15, 0.2) is 0 Å². The van der Waals surface area contributed by atoms with Crippen molar-refractivity contribution in [1.82, 2.24) is 26.6 Å². The summed E-state index contributed by atoms with van der Waals surface area (Å²) in [4.78, 5) is 132. The first kappa shape index (κ1) is 73.4. The van der Waals surface area contributed by atoms with Crippen LogP contribution < -0.4 is 26.6 Å². The minimum atomic E-state index is -1.56. The fourth-order valence-electron chi connectivity index (χ4n) is 8.18. The normalized spacial score (nSPS) is 12.6. The summed E-state index contributed by atoms with van der Waals surface area (Å²) in [5.41, 5.74) is 0. The number of amides is 5. The van der Waals surface area contributed by atoms with Crippen molar-refractivity contribution < 1.29 is 92.1 Å². The number of ketones is 2. The largest absolute Gasteiger partial charge is 0.481 e. The first-order valence-electron chi connectivity index (χ1n) is 28.5. The van der Waals surface area contributed by atoms with Crippen LogP contribution in [-0.2, 0) is 71.7 Å². The topological polar surface area (TPSA) is 366 Å². The molecule has 79 heavy (non-hydrogen) atoms. The van der Waals surface area contributed by atoms with Gasteiger partial charge in [0.15, 0.2) is 0 Å². The predicted octanol–water partition coefficient (Wildman–Crippen LogP) is 4.80. The van der Waals surface area contributed by atoms with E-state index in [9.17, 15) is 68.1 Å². The molecule has 24 nitrogen and oxygen atoms in total. The van der Waals surface area contributed by atoms with E-state index in [0.717, 1.165) is 83.5 Å². The number of carbonyl (C=O) groups is 11. The molecule has 0 saturated carbocycles. The molecule has 0 aliphatic carbocycles. The Hall–Kier alpha value is -5.59. The summed E-state index contributed by atoms with van der Waals surface area (Å²) >= 11 is 0. The fraction of sp³-hybridized carbons (Fsp3) is 0.800. The van der Waals surface area contributed by atoms with E-state index in [1.807, 2.05) is 6.92 Å². The quantitative estimate of drug-likeness (QED) is 0.0369. The third-order valence-electron chi connectivity index (χ3n) is 12.9. The molecule has 0 fully saturated rings. The van der Waals surface area contributed by atoms with Gasteiger partial charge in [-0.05, 0) is 64.7 Å². The molecule has 0 aliphatic rings. The number of rotatable bonds is 56. The smallest absolute Gasteiger partial charge is 0.326 e. The molecular formula is C55H95N5O19. The molecular weight excluding hydrogens is 1030 g/mol. The highest BCUT2D eigenvalue weighted by Crippen LogP contribution is 2.15. The van der Waals surface area contributed by atoms with Gasteiger partial charge in [0, 0.05) is 64.1 Å². The van der Waals surface area contributed by atoms with Gasteiger partial charge >= 0.3 is 23.9 Å². The Morgan fingerprint density at radius 3 is 1.19 bits per heavy atom. The first-order chi connectivity index (χ1) is 37.9. The molecule has 5 amide bonds. The van der Waals surface area contributed by atoms with Crippen LogP contribution in [0.25, 0.3) is 0 Å². The van der Waals surface area contributed by atoms with Gasteiger partial charge in [0.05, 0.1) is 33.0 Å². The first-order valence-corrected chi connectivity index (χ1v) is 28.5. The van der Waals surface area contributed by atoms with Crippen molar-refractivity contribution in [3.05, 3.63) is 0 Å². The number of carboxylic acid groups (broad SMARTS) is 4. The lowest BCUT2D eigenvalue weighted by Crippen LogP contribution is -2.45. The SMILES string of the molecule is CC[C@@H](CCCCNC(=O)COCCOCCNC(=O)COCCOCCCC(=O)CC[C@H](NC(=O)CC[C@H](NC(=O)CC[C@H](NC(=O)CCCCCCCCCCCCCCCCC(=O)O)C(=O)O)C(=O)O)C(=O)O)C(C)=O. The highest BCUT2D eigenvalue weighted by molar-refractivity contribution is 5.88. The Morgan fingerprint density at radius 2 is 0.759 bits per heavy atom. The lowest BCUT2D eigenvalue weighted by atomic mass is 9.95. The molecule has 4 atom stereocenters. The maximum Gasteiger partial charge on any atom is 0.326 e. The van der Waals surface area contributed by atoms with Gasteiger partial charge in [0.25, 0.3) is 0 Å². The van der Waals surface area contributed by atoms with E-state index in [2.05, 4.69) is 26.6 Å². The Balaban J connectivity index is 4.15. The predicted molar refractivity (Wildman–Crippen MR) is 290 cm³/mol. The second-order valence-electron chi connectivity index (χ2n) is 19.7. The number of ether oxygens (including phenoxy) is 4. The number of Topliss-reactive ketones (excluding diaryl/α,β-unsaturated/α-hetero) is 2. The molecule has 0 radical (unpaired) electrons. The zero-order valence-corrected chi connectivity index (χ0v) is 47.1. The van der Waals surface area contributed by atoms with E-state index in [-0.39, 0.29) is 127 Å². The molecule has 0 saturated heterocycles. The summed E-state index contributed by atoms with van der Waals surface area (Å²) in [6.07, 6.45) is 16.2. The van der Waals surface area contributed by atoms with E-state index in [1.54, 1.807) is 6.92 Å². The molecule has 0 rings (SSSR count). The molecule has 0 aromatic rings. The summed E-state index contributed by atoms with van der Waals surface area (Å²) in [6.45, 7) is 5.18. The van der Waals surface area contributed by atoms with Crippen LogP contribution in [0, 0.1) is 5.92 Å². The maximum atomic E-state index is 12.6. The van der Waals surface area contributed by atoms with Gasteiger partial charge in [-0.2, -0.15) is 0 Å². The van der Waals surface area contributed by atoms with E-state index >= 15 is 0 Å². The maximum absolute atomic E-state index is 12.6. The van der Waals surface area contributed by atoms with Gasteiger partial charge in [-0.25, -0.2) is 14.4 Å². The van der Waals surface area contributed by atoms with Crippen LogP contribution >= 0.6 is 0 Å². The molecule has 0 spiro atoms. The molecule has 0 aromatic carbocycles. The Kier molecular flexibility index (Phi) is 46.0. The Morgan fingerprint density at radius 1 is 0.367 bits per heavy atom. The van der Waals surface area contributed by atoms with Gasteiger partial charge in [-0.15, -0.1) is 0 Å². The summed E-state index contributed by atoms with van der Waals surface area (Å²) in [5.74, 6) is -7.71. The molecule has 0 bridgehead atoms. The minimum Gasteiger partial charge on any atom is -0.481 e. The van der Waals surface area contributed by atoms with Crippen molar-refractivity contribution in [3.63, 3.8) is 0 Å². The van der Waals surface area contributed by atoms with Gasteiger partial charge in [0.2, 0.25) is 29.5 Å². The lowest BCUT2D eigenvalue weighted by molar-refractivity contribution is -0.144. The average Bonchev–Trinajstić information content (AvgIpc) is 3.39. The van der Waals surface area contributed by atoms with Crippen LogP contribution in [0.4, 0.5) is 0 Å². The molecule has 9 N–H and O–H groups in total. The second kappa shape index (κ2) is 49.5. The van der Waals surface area contributed by atoms with Crippen LogP contribution in [0.1, 0.15) is 194 Å². The highest BCUT2D eigenvalue weighted by Gasteiger charge is 2.26. The number of aliphatic carboxylic acids is 4. The Bertz CT molecular complexity index is 1790. The number of carbonyl (C=O) groups excluding carboxylic acids is 7. The van der Waals surface area contributed by atoms with Crippen molar-refractivity contribution in [2.45, 2.75) is 212 Å². The van der Waals surface area contributed by atoms with Crippen LogP contribution in [0.3, 0.4) is 0 Å². The monoisotopic (exact) mass is 1130 g/mol. The van der Waals surface area contributed by atoms with Crippen molar-refractivity contribution >= 4 is 65.0 Å². The second-order valence-corrected chi connectivity index (χ2v) is 19.7. The molecule has 24 heteroatoms. The highest BCUT2D eigenvalue weighted by atomic mass is 16.5. The van der Waals surface area contributed by atoms with E-state index in [1.165, 1.54) is 25.7 Å². The minimum absolute atomic E-state index is 0.0720. The number of carboxylic acids is 4. The van der Waals surface area contributed by atoms with E-state index < -0.39 is 79.0 Å². The number of hydrogen-bond donors (Lipinski definition) is 9. The van der Waals surface area contributed by atoms with E-state index in [4.69, 9.17) is 24.1 Å². The Labute approximate surface area is 466 Å². The average molecular weight is 1130 g/mol. The van der Waals surface area contributed by atoms with Crippen molar-refractivity contribution in [2.75, 3.05) is 65.9 Å². The van der Waals surface area contributed by atoms with Crippen LogP contribution in [0.5, 0.6) is 0 Å². The molecule has 0 unspecified atom stereocenters. The fourth-order valence-corrected chi connectivity index (χ4v) is 8.18. The molecule has 0 aromatic heterocycles. The van der Waals surface area contributed by atoms with E-state index in [0.29, 0.717) is 19.4 Å². The summed E-state index contributed by atoms with van der Waals surface area (Å²) < 4.78 is 21.4. The van der Waals surface area contributed by atoms with Gasteiger partial charge < -0.3 is 66.0 Å². The van der Waals surface area contributed by atoms with Gasteiger partial charge in [-0.3, -0.25) is 38.4 Å². The number of hydrogen-bond acceptors (Lipinski definition) is 15. The standard InChI is InChI=1S/C55H95N5O19/c1-3-42(41(2)61)21-18-19-31-56-50(66)39-79-38-36-77-34-32-57-51(67)40-78-37-35-76-33-20-22-43(62)25-26-44(53(70)71)59-48(64)30-28-46(55(74)75)60-49(65)29-27-45(54(72)73)58-47(63)23-16-14-12-10-8-6-4-5-7-9-11-13-15-17-24-52(68)69/h42,44-46H,3-40H2,1-2H3,(H,56,66)(H,57,67)(H,58,63)(H,59,64)(H,60,65)(H,68,69)(H,70,71)(H,72,73)(H,74,75)/t42-,44-,45-,46-/m0/s1. The zero-order chi connectivity index (χ0) is 58.9. The number of nitrogens with one attached hydrogen (secondary N) is 5. The van der Waals surface area contributed by atoms with Crippen molar-refractivity contribution in [1.29, 1.82) is 0 Å². The molecule has 0 heterocycles. The molecule has 454 valence electrons. The van der Waals surface area contributed by atoms with Crippen molar-refractivity contribution in [2.24, 2.45) is 5.92 Å². The van der Waals surface area contributed by atoms with Gasteiger partial charge in [0.1, 0.15) is 42.9 Å². The third kappa shape index (κ3) is 45.9. The summed E-state index contributed by atoms with van der Waals surface area (Å²) in [6, 6.07) is -4.38. The van der Waals surface area contributed by atoms with Gasteiger partial charge in [-0.1, -0.05) is 90.4 Å². The third-order valence-corrected chi connectivity index (χ3v) is 12.9. The lowest BCUT2D eigenvalue weighted by Gasteiger charge is -2.18. The van der Waals surface area contributed by atoms with Crippen LogP contribution in [0.2, 0.25) is 0 Å². The molecule has 0 aliphatic heterocycles. The summed E-state index contributed by atoms with van der Waals surface area (Å²) in [7, 11) is 0. The zero-order valence-electron chi connectivity index (χ0n) is 47.1.